The second-order valence-corrected chi connectivity index (χ2v) is 6.00. The summed E-state index contributed by atoms with van der Waals surface area (Å²) in [6.07, 6.45) is 0. The van der Waals surface area contributed by atoms with Gasteiger partial charge in [0.1, 0.15) is 11.6 Å². The number of hydrogen-bond donors (Lipinski definition) is 0. The lowest BCUT2D eigenvalue weighted by molar-refractivity contribution is 0.603. The first-order chi connectivity index (χ1) is 10.2. The van der Waals surface area contributed by atoms with Gasteiger partial charge >= 0.3 is 0 Å². The fourth-order valence-corrected chi connectivity index (χ4v) is 3.45. The van der Waals surface area contributed by atoms with Crippen LogP contribution in [0, 0.1) is 11.6 Å². The van der Waals surface area contributed by atoms with Gasteiger partial charge in [0.15, 0.2) is 10.8 Å². The summed E-state index contributed by atoms with van der Waals surface area (Å²) in [4.78, 5) is 0.537. The van der Waals surface area contributed by atoms with Gasteiger partial charge in [-0.05, 0) is 29.6 Å². The number of aromatic nitrogens is 4. The Morgan fingerprint density at radius 1 is 1.10 bits per heavy atom. The Morgan fingerprint density at radius 3 is 2.81 bits per heavy atom. The summed E-state index contributed by atoms with van der Waals surface area (Å²) < 4.78 is 28.7. The Kier molecular flexibility index (Phi) is 2.79. The third-order valence-corrected chi connectivity index (χ3v) is 4.54. The van der Waals surface area contributed by atoms with Gasteiger partial charge in [-0.1, -0.05) is 11.3 Å². The minimum atomic E-state index is -0.515. The molecule has 0 N–H and O–H groups in total. The van der Waals surface area contributed by atoms with Gasteiger partial charge < -0.3 is 0 Å². The van der Waals surface area contributed by atoms with Crippen LogP contribution in [0.2, 0.25) is 0 Å². The Balaban J connectivity index is 1.90. The van der Waals surface area contributed by atoms with Gasteiger partial charge in [-0.3, -0.25) is 0 Å². The van der Waals surface area contributed by atoms with Crippen LogP contribution in [0.4, 0.5) is 8.78 Å². The van der Waals surface area contributed by atoms with Crippen LogP contribution < -0.4 is 0 Å². The van der Waals surface area contributed by atoms with Gasteiger partial charge in [-0.15, -0.1) is 10.2 Å². The van der Waals surface area contributed by atoms with Crippen LogP contribution in [0.3, 0.4) is 0 Å². The topological polar surface area (TPSA) is 43.1 Å². The molecular formula is C13H6F2N4S2. The molecule has 0 aliphatic heterocycles. The van der Waals surface area contributed by atoms with Gasteiger partial charge in [0.05, 0.1) is 5.56 Å². The van der Waals surface area contributed by atoms with Crippen molar-refractivity contribution in [2.24, 2.45) is 0 Å². The highest BCUT2D eigenvalue weighted by molar-refractivity contribution is 7.19. The molecule has 0 bridgehead atoms. The van der Waals surface area contributed by atoms with Crippen molar-refractivity contribution >= 4 is 27.6 Å². The third kappa shape index (κ3) is 2.03. The molecule has 0 spiro atoms. The number of hydrogen-bond acceptors (Lipinski definition) is 5. The van der Waals surface area contributed by atoms with E-state index in [1.54, 1.807) is 4.52 Å². The second kappa shape index (κ2) is 4.68. The van der Waals surface area contributed by atoms with Crippen molar-refractivity contribution < 1.29 is 8.78 Å². The van der Waals surface area contributed by atoms with Crippen molar-refractivity contribution in [1.82, 2.24) is 19.8 Å². The maximum Gasteiger partial charge on any atom is 0.235 e. The lowest BCUT2D eigenvalue weighted by Gasteiger charge is -1.98. The van der Waals surface area contributed by atoms with E-state index in [9.17, 15) is 8.78 Å². The molecule has 8 heteroatoms. The molecule has 4 aromatic rings. The summed E-state index contributed by atoms with van der Waals surface area (Å²) in [5, 5.41) is 16.6. The minimum Gasteiger partial charge on any atom is -0.207 e. The standard InChI is InChI=1S/C13H6F2N4S2/c14-8-1-2-10(15)9(5-8)12-18-19-11(7-3-4-20-6-7)16-17-13(19)21-12/h1-6H. The first-order valence-electron chi connectivity index (χ1n) is 5.92. The molecule has 104 valence electrons. The maximum absolute atomic E-state index is 13.8. The first-order valence-corrected chi connectivity index (χ1v) is 7.68. The van der Waals surface area contributed by atoms with E-state index in [2.05, 4.69) is 15.3 Å². The quantitative estimate of drug-likeness (QED) is 0.563. The summed E-state index contributed by atoms with van der Waals surface area (Å²) in [6, 6.07) is 5.21. The Hall–Kier alpha value is -2.19. The zero-order valence-corrected chi connectivity index (χ0v) is 12.0. The molecule has 0 atom stereocenters. The molecule has 3 heterocycles. The minimum absolute atomic E-state index is 0.127. The van der Waals surface area contributed by atoms with Crippen LogP contribution in [0.15, 0.2) is 35.0 Å². The highest BCUT2D eigenvalue weighted by Gasteiger charge is 2.17. The highest BCUT2D eigenvalue weighted by atomic mass is 32.1. The molecule has 4 nitrogen and oxygen atoms in total. The smallest absolute Gasteiger partial charge is 0.207 e. The van der Waals surface area contributed by atoms with Crippen molar-refractivity contribution in [2.75, 3.05) is 0 Å². The summed E-state index contributed by atoms with van der Waals surface area (Å²) in [5.41, 5.74) is 1.02. The summed E-state index contributed by atoms with van der Waals surface area (Å²) >= 11 is 2.71. The van der Waals surface area contributed by atoms with Gasteiger partial charge in [-0.2, -0.15) is 21.0 Å². The Bertz CT molecular complexity index is 927. The van der Waals surface area contributed by atoms with Crippen LogP contribution in [0.25, 0.3) is 26.9 Å². The van der Waals surface area contributed by atoms with Crippen molar-refractivity contribution in [3.8, 4) is 22.0 Å². The predicted octanol–water partition coefficient (Wildman–Crippen LogP) is 3.86. The second-order valence-electron chi connectivity index (χ2n) is 4.26. The zero-order valence-electron chi connectivity index (χ0n) is 10.3. The van der Waals surface area contributed by atoms with Gasteiger partial charge in [0, 0.05) is 10.9 Å². The molecule has 1 aromatic carbocycles. The van der Waals surface area contributed by atoms with E-state index in [1.165, 1.54) is 22.7 Å². The normalized spacial score (nSPS) is 11.3. The van der Waals surface area contributed by atoms with E-state index >= 15 is 0 Å². The summed E-state index contributed by atoms with van der Waals surface area (Å²) in [7, 11) is 0. The number of thiophene rings is 1. The maximum atomic E-state index is 13.8. The van der Waals surface area contributed by atoms with E-state index in [0.29, 0.717) is 15.8 Å². The SMILES string of the molecule is Fc1ccc(F)c(-c2nn3c(-c4ccsc4)nnc3s2)c1. The zero-order chi connectivity index (χ0) is 14.4. The van der Waals surface area contributed by atoms with Crippen molar-refractivity contribution in [1.29, 1.82) is 0 Å². The van der Waals surface area contributed by atoms with E-state index in [4.69, 9.17) is 0 Å². The van der Waals surface area contributed by atoms with Crippen molar-refractivity contribution in [3.63, 3.8) is 0 Å². The van der Waals surface area contributed by atoms with Crippen LogP contribution >= 0.6 is 22.7 Å². The summed E-state index contributed by atoms with van der Waals surface area (Å²) in [5.74, 6) is -0.431. The highest BCUT2D eigenvalue weighted by Crippen LogP contribution is 2.30. The molecule has 0 amide bonds. The fraction of sp³-hybridized carbons (Fsp3) is 0. The number of rotatable bonds is 2. The fourth-order valence-electron chi connectivity index (χ4n) is 1.96. The third-order valence-electron chi connectivity index (χ3n) is 2.93. The largest absolute Gasteiger partial charge is 0.235 e. The molecule has 0 saturated heterocycles. The van der Waals surface area contributed by atoms with E-state index < -0.39 is 11.6 Å². The summed E-state index contributed by atoms with van der Waals surface area (Å²) in [6.45, 7) is 0. The molecular weight excluding hydrogens is 314 g/mol. The molecule has 3 aromatic heterocycles. The molecule has 0 aliphatic carbocycles. The molecule has 0 saturated carbocycles. The van der Waals surface area contributed by atoms with E-state index in [-0.39, 0.29) is 5.56 Å². The van der Waals surface area contributed by atoms with Crippen LogP contribution in [0.1, 0.15) is 0 Å². The average Bonchev–Trinajstić information content (AvgIpc) is 3.15. The van der Waals surface area contributed by atoms with E-state index in [0.717, 1.165) is 23.8 Å². The van der Waals surface area contributed by atoms with Crippen LogP contribution in [-0.4, -0.2) is 19.8 Å². The predicted molar refractivity (Wildman–Crippen MR) is 77.3 cm³/mol. The number of fused-ring (bicyclic) bond motifs is 1. The van der Waals surface area contributed by atoms with Gasteiger partial charge in [0.2, 0.25) is 4.96 Å². The lowest BCUT2D eigenvalue weighted by atomic mass is 10.2. The van der Waals surface area contributed by atoms with E-state index in [1.807, 2.05) is 16.8 Å². The van der Waals surface area contributed by atoms with Gasteiger partial charge in [0.25, 0.3) is 0 Å². The lowest BCUT2D eigenvalue weighted by Crippen LogP contribution is -1.91. The number of benzene rings is 1. The monoisotopic (exact) mass is 320 g/mol. The molecule has 0 aliphatic rings. The molecule has 0 radical (unpaired) electrons. The van der Waals surface area contributed by atoms with Crippen LogP contribution in [-0.2, 0) is 0 Å². The molecule has 4 rings (SSSR count). The average molecular weight is 320 g/mol. The molecule has 0 unspecified atom stereocenters. The van der Waals surface area contributed by atoms with Gasteiger partial charge in [-0.25, -0.2) is 8.78 Å². The first kappa shape index (κ1) is 12.5. The van der Waals surface area contributed by atoms with Crippen molar-refractivity contribution in [2.45, 2.75) is 0 Å². The van der Waals surface area contributed by atoms with Crippen molar-refractivity contribution in [3.05, 3.63) is 46.7 Å². The Morgan fingerprint density at radius 2 is 2.00 bits per heavy atom. The molecule has 21 heavy (non-hydrogen) atoms. The number of halogens is 2. The Labute approximate surface area is 125 Å². The number of nitrogens with zero attached hydrogens (tertiary/aromatic N) is 4. The molecule has 0 fully saturated rings. The van der Waals surface area contributed by atoms with Crippen LogP contribution in [0.5, 0.6) is 0 Å².